The largest absolute Gasteiger partial charge is 0.248 e. The Morgan fingerprint density at radius 2 is 1.54 bits per heavy atom. The Bertz CT molecular complexity index is 1030. The average molecular weight is 395 g/mol. The van der Waals surface area contributed by atoms with Gasteiger partial charge in [-0.1, -0.05) is 70.0 Å². The van der Waals surface area contributed by atoms with Gasteiger partial charge in [0.2, 0.25) is 0 Å². The van der Waals surface area contributed by atoms with Crippen molar-refractivity contribution in [2.24, 2.45) is 0 Å². The van der Waals surface area contributed by atoms with Crippen molar-refractivity contribution in [3.8, 4) is 22.4 Å². The van der Waals surface area contributed by atoms with Crippen molar-refractivity contribution in [2.45, 2.75) is 0 Å². The van der Waals surface area contributed by atoms with Crippen molar-refractivity contribution in [3.63, 3.8) is 0 Å². The maximum absolute atomic E-state index is 6.22. The molecule has 1 aromatic heterocycles. The maximum Gasteiger partial charge on any atom is 0.0716 e. The third-order valence-electron chi connectivity index (χ3n) is 3.98. The van der Waals surface area contributed by atoms with E-state index in [1.165, 1.54) is 0 Å². The van der Waals surface area contributed by atoms with E-state index in [1.54, 1.807) is 0 Å². The molecule has 3 aromatic carbocycles. The highest BCUT2D eigenvalue weighted by Crippen LogP contribution is 2.33. The summed E-state index contributed by atoms with van der Waals surface area (Å²) < 4.78 is 1.04. The Kier molecular flexibility index (Phi) is 4.09. The van der Waals surface area contributed by atoms with E-state index in [4.69, 9.17) is 16.6 Å². The summed E-state index contributed by atoms with van der Waals surface area (Å²) in [5, 5.41) is 1.78. The fourth-order valence-corrected chi connectivity index (χ4v) is 3.42. The average Bonchev–Trinajstić information content (AvgIpc) is 2.61. The van der Waals surface area contributed by atoms with Gasteiger partial charge in [0.15, 0.2) is 0 Å². The van der Waals surface area contributed by atoms with Crippen LogP contribution in [0.5, 0.6) is 0 Å². The lowest BCUT2D eigenvalue weighted by Gasteiger charge is -2.11. The van der Waals surface area contributed by atoms with Crippen LogP contribution in [0.25, 0.3) is 33.3 Å². The van der Waals surface area contributed by atoms with Gasteiger partial charge in [-0.15, -0.1) is 0 Å². The summed E-state index contributed by atoms with van der Waals surface area (Å²) in [6, 6.07) is 26.5. The summed E-state index contributed by atoms with van der Waals surface area (Å²) in [7, 11) is 0. The first-order valence-electron chi connectivity index (χ1n) is 7.62. The van der Waals surface area contributed by atoms with Gasteiger partial charge in [0.1, 0.15) is 0 Å². The monoisotopic (exact) mass is 393 g/mol. The van der Waals surface area contributed by atoms with Crippen LogP contribution in [0.2, 0.25) is 5.02 Å². The van der Waals surface area contributed by atoms with Crippen molar-refractivity contribution in [1.29, 1.82) is 0 Å². The molecule has 0 bridgehead atoms. The summed E-state index contributed by atoms with van der Waals surface area (Å²) in [6.45, 7) is 0. The standard InChI is InChI=1S/C21H13BrClN/c22-16-8-4-7-15(11-16)21-13-18(14-5-2-1-3-6-14)19-12-17(23)9-10-20(19)24-21/h1-13H. The molecule has 0 amide bonds. The molecule has 0 aliphatic carbocycles. The smallest absolute Gasteiger partial charge is 0.0716 e. The lowest BCUT2D eigenvalue weighted by molar-refractivity contribution is 1.39. The number of pyridine rings is 1. The van der Waals surface area contributed by atoms with Gasteiger partial charge in [0.05, 0.1) is 11.2 Å². The summed E-state index contributed by atoms with van der Waals surface area (Å²) in [5.74, 6) is 0. The van der Waals surface area contributed by atoms with Crippen LogP contribution >= 0.6 is 27.5 Å². The molecule has 1 nitrogen and oxygen atoms in total. The molecular formula is C21H13BrClN. The van der Waals surface area contributed by atoms with E-state index in [-0.39, 0.29) is 0 Å². The molecule has 0 aliphatic rings. The van der Waals surface area contributed by atoms with E-state index in [9.17, 15) is 0 Å². The molecule has 0 atom stereocenters. The highest BCUT2D eigenvalue weighted by atomic mass is 79.9. The minimum atomic E-state index is 0.719. The fraction of sp³-hybridized carbons (Fsp3) is 0. The van der Waals surface area contributed by atoms with E-state index in [1.807, 2.05) is 48.5 Å². The summed E-state index contributed by atoms with van der Waals surface area (Å²) >= 11 is 9.76. The van der Waals surface area contributed by atoms with E-state index in [2.05, 4.69) is 46.3 Å². The number of fused-ring (bicyclic) bond motifs is 1. The second-order valence-electron chi connectivity index (χ2n) is 5.59. The third kappa shape index (κ3) is 2.95. The summed E-state index contributed by atoms with van der Waals surface area (Å²) in [6.07, 6.45) is 0. The zero-order chi connectivity index (χ0) is 16.5. The molecule has 0 aliphatic heterocycles. The van der Waals surface area contributed by atoms with Gasteiger partial charge >= 0.3 is 0 Å². The predicted molar refractivity (Wildman–Crippen MR) is 105 cm³/mol. The first-order valence-corrected chi connectivity index (χ1v) is 8.79. The van der Waals surface area contributed by atoms with Crippen LogP contribution in [-0.2, 0) is 0 Å². The van der Waals surface area contributed by atoms with E-state index in [0.29, 0.717) is 0 Å². The Balaban J connectivity index is 2.03. The molecule has 0 N–H and O–H groups in total. The Labute approximate surface area is 154 Å². The highest BCUT2D eigenvalue weighted by molar-refractivity contribution is 9.10. The highest BCUT2D eigenvalue weighted by Gasteiger charge is 2.10. The number of benzene rings is 3. The second kappa shape index (κ2) is 6.39. The molecule has 0 spiro atoms. The maximum atomic E-state index is 6.22. The quantitative estimate of drug-likeness (QED) is 0.357. The number of hydrogen-bond donors (Lipinski definition) is 0. The molecule has 0 fully saturated rings. The molecule has 0 saturated carbocycles. The van der Waals surface area contributed by atoms with Crippen LogP contribution in [0.1, 0.15) is 0 Å². The van der Waals surface area contributed by atoms with Crippen LogP contribution in [0.4, 0.5) is 0 Å². The van der Waals surface area contributed by atoms with Gasteiger partial charge in [-0.05, 0) is 47.5 Å². The second-order valence-corrected chi connectivity index (χ2v) is 6.95. The first-order chi connectivity index (χ1) is 11.7. The molecule has 1 heterocycles. The lowest BCUT2D eigenvalue weighted by Crippen LogP contribution is -1.90. The zero-order valence-electron chi connectivity index (χ0n) is 12.7. The minimum Gasteiger partial charge on any atom is -0.248 e. The Morgan fingerprint density at radius 1 is 0.750 bits per heavy atom. The number of halogens is 2. The molecule has 4 rings (SSSR count). The molecule has 0 saturated heterocycles. The van der Waals surface area contributed by atoms with Gasteiger partial charge in [0.25, 0.3) is 0 Å². The van der Waals surface area contributed by atoms with Crippen molar-refractivity contribution in [2.75, 3.05) is 0 Å². The lowest BCUT2D eigenvalue weighted by atomic mass is 9.98. The normalized spacial score (nSPS) is 10.9. The molecule has 0 radical (unpaired) electrons. The van der Waals surface area contributed by atoms with Crippen LogP contribution in [0.15, 0.2) is 83.3 Å². The Morgan fingerprint density at radius 3 is 2.33 bits per heavy atom. The molecule has 4 aromatic rings. The van der Waals surface area contributed by atoms with Gasteiger partial charge in [-0.25, -0.2) is 4.98 Å². The molecule has 116 valence electrons. The SMILES string of the molecule is Clc1ccc2nc(-c3cccc(Br)c3)cc(-c3ccccc3)c2c1. The van der Waals surface area contributed by atoms with Gasteiger partial charge < -0.3 is 0 Å². The van der Waals surface area contributed by atoms with E-state index < -0.39 is 0 Å². The molecule has 3 heteroatoms. The molecule has 24 heavy (non-hydrogen) atoms. The van der Waals surface area contributed by atoms with Crippen molar-refractivity contribution in [1.82, 2.24) is 4.98 Å². The molecular weight excluding hydrogens is 382 g/mol. The van der Waals surface area contributed by atoms with Gasteiger partial charge in [0, 0.05) is 20.4 Å². The number of rotatable bonds is 2. The predicted octanol–water partition coefficient (Wildman–Crippen LogP) is 6.98. The van der Waals surface area contributed by atoms with Gasteiger partial charge in [-0.3, -0.25) is 0 Å². The topological polar surface area (TPSA) is 12.9 Å². The van der Waals surface area contributed by atoms with Crippen molar-refractivity contribution >= 4 is 38.4 Å². The Hall–Kier alpha value is -2.16. The summed E-state index contributed by atoms with van der Waals surface area (Å²) in [5.41, 5.74) is 5.26. The van der Waals surface area contributed by atoms with Crippen molar-refractivity contribution < 1.29 is 0 Å². The van der Waals surface area contributed by atoms with Gasteiger partial charge in [-0.2, -0.15) is 0 Å². The van der Waals surface area contributed by atoms with Crippen LogP contribution in [-0.4, -0.2) is 4.98 Å². The summed E-state index contributed by atoms with van der Waals surface area (Å²) in [4.78, 5) is 4.83. The number of nitrogens with zero attached hydrogens (tertiary/aromatic N) is 1. The zero-order valence-corrected chi connectivity index (χ0v) is 15.1. The van der Waals surface area contributed by atoms with E-state index in [0.717, 1.165) is 42.8 Å². The number of hydrogen-bond acceptors (Lipinski definition) is 1. The van der Waals surface area contributed by atoms with Crippen LogP contribution < -0.4 is 0 Å². The minimum absolute atomic E-state index is 0.719. The van der Waals surface area contributed by atoms with E-state index >= 15 is 0 Å². The first kappa shape index (κ1) is 15.4. The molecule has 0 unspecified atom stereocenters. The van der Waals surface area contributed by atoms with Crippen molar-refractivity contribution in [3.05, 3.63) is 88.4 Å². The van der Waals surface area contributed by atoms with Crippen LogP contribution in [0.3, 0.4) is 0 Å². The third-order valence-corrected chi connectivity index (χ3v) is 4.70. The fourth-order valence-electron chi connectivity index (χ4n) is 2.85. The van der Waals surface area contributed by atoms with Crippen LogP contribution in [0, 0.1) is 0 Å². The number of aromatic nitrogens is 1.